The SMILES string of the molecule is C=C(C)c1ccc(F)c(CCN2CCCCC2(C)OCc2ccccc2)c1F. The minimum absolute atomic E-state index is 0.136. The van der Waals surface area contributed by atoms with Gasteiger partial charge in [-0.1, -0.05) is 36.9 Å². The molecule has 4 heteroatoms. The molecule has 0 radical (unpaired) electrons. The summed E-state index contributed by atoms with van der Waals surface area (Å²) in [5, 5.41) is 0. The molecule has 1 fully saturated rings. The van der Waals surface area contributed by atoms with Crippen molar-refractivity contribution in [2.75, 3.05) is 13.1 Å². The maximum atomic E-state index is 14.7. The summed E-state index contributed by atoms with van der Waals surface area (Å²) in [5.41, 5.74) is 1.83. The van der Waals surface area contributed by atoms with E-state index in [0.29, 0.717) is 30.7 Å². The predicted molar refractivity (Wildman–Crippen MR) is 110 cm³/mol. The number of rotatable bonds is 7. The van der Waals surface area contributed by atoms with Gasteiger partial charge >= 0.3 is 0 Å². The Morgan fingerprint density at radius 3 is 2.61 bits per heavy atom. The van der Waals surface area contributed by atoms with Crippen LogP contribution >= 0.6 is 0 Å². The van der Waals surface area contributed by atoms with Gasteiger partial charge in [-0.05, 0) is 62.8 Å². The van der Waals surface area contributed by atoms with E-state index in [1.54, 1.807) is 6.92 Å². The quantitative estimate of drug-likeness (QED) is 0.583. The fourth-order valence-corrected chi connectivity index (χ4v) is 3.88. The zero-order chi connectivity index (χ0) is 20.1. The van der Waals surface area contributed by atoms with Gasteiger partial charge in [0.15, 0.2) is 0 Å². The standard InChI is InChI=1S/C24H29F2NO/c1-18(2)20-11-12-22(25)21(23(20)26)13-16-27-15-8-7-14-24(27,3)28-17-19-9-5-4-6-10-19/h4-6,9-12H,1,7-8,13-17H2,2-3H3. The van der Waals surface area contributed by atoms with Gasteiger partial charge in [-0.25, -0.2) is 8.78 Å². The lowest BCUT2D eigenvalue weighted by atomic mass is 9.97. The largest absolute Gasteiger partial charge is 0.356 e. The fraction of sp³-hybridized carbons (Fsp3) is 0.417. The number of nitrogens with zero attached hydrogens (tertiary/aromatic N) is 1. The molecule has 2 aromatic carbocycles. The Bertz CT molecular complexity index is 821. The molecule has 150 valence electrons. The third kappa shape index (κ3) is 4.68. The number of hydrogen-bond donors (Lipinski definition) is 0. The van der Waals surface area contributed by atoms with Gasteiger partial charge in [0, 0.05) is 24.2 Å². The second-order valence-corrected chi connectivity index (χ2v) is 7.81. The normalized spacial score (nSPS) is 20.3. The number of benzene rings is 2. The molecule has 0 amide bonds. The summed E-state index contributed by atoms with van der Waals surface area (Å²) in [4.78, 5) is 2.23. The molecule has 1 heterocycles. The Balaban J connectivity index is 1.71. The molecule has 2 aromatic rings. The molecule has 1 aliphatic rings. The lowest BCUT2D eigenvalue weighted by Gasteiger charge is -2.44. The first-order valence-corrected chi connectivity index (χ1v) is 9.96. The van der Waals surface area contributed by atoms with Gasteiger partial charge in [-0.15, -0.1) is 0 Å². The average molecular weight is 385 g/mol. The van der Waals surface area contributed by atoms with Crippen molar-refractivity contribution < 1.29 is 13.5 Å². The summed E-state index contributed by atoms with van der Waals surface area (Å²) in [6.45, 7) is 9.57. The lowest BCUT2D eigenvalue weighted by Crippen LogP contribution is -2.52. The summed E-state index contributed by atoms with van der Waals surface area (Å²) >= 11 is 0. The van der Waals surface area contributed by atoms with Crippen LogP contribution in [0.15, 0.2) is 49.0 Å². The topological polar surface area (TPSA) is 12.5 Å². The van der Waals surface area contributed by atoms with Gasteiger partial charge < -0.3 is 4.74 Å². The van der Waals surface area contributed by atoms with E-state index in [9.17, 15) is 8.78 Å². The maximum absolute atomic E-state index is 14.7. The van der Waals surface area contributed by atoms with Crippen molar-refractivity contribution in [2.24, 2.45) is 0 Å². The fourth-order valence-electron chi connectivity index (χ4n) is 3.88. The molecule has 1 aliphatic heterocycles. The van der Waals surface area contributed by atoms with Crippen LogP contribution in [0.25, 0.3) is 5.57 Å². The second kappa shape index (κ2) is 8.97. The van der Waals surface area contributed by atoms with Gasteiger partial charge in [0.25, 0.3) is 0 Å². The molecule has 1 atom stereocenters. The van der Waals surface area contributed by atoms with Crippen molar-refractivity contribution in [3.63, 3.8) is 0 Å². The summed E-state index contributed by atoms with van der Waals surface area (Å²) < 4.78 is 35.3. The molecular weight excluding hydrogens is 356 g/mol. The molecule has 1 saturated heterocycles. The van der Waals surface area contributed by atoms with Crippen LogP contribution in [0.5, 0.6) is 0 Å². The Kier molecular flexibility index (Phi) is 6.63. The highest BCUT2D eigenvalue weighted by Crippen LogP contribution is 2.31. The number of halogens is 2. The van der Waals surface area contributed by atoms with Gasteiger partial charge in [0.05, 0.1) is 6.61 Å². The van der Waals surface area contributed by atoms with Crippen LogP contribution in [0.1, 0.15) is 49.8 Å². The molecule has 3 rings (SSSR count). The number of ether oxygens (including phenoxy) is 1. The van der Waals surface area contributed by atoms with Crippen LogP contribution in [0.3, 0.4) is 0 Å². The second-order valence-electron chi connectivity index (χ2n) is 7.81. The Labute approximate surface area is 166 Å². The van der Waals surface area contributed by atoms with Gasteiger partial charge in [0.2, 0.25) is 0 Å². The van der Waals surface area contributed by atoms with Gasteiger partial charge in [0.1, 0.15) is 17.4 Å². The average Bonchev–Trinajstić information content (AvgIpc) is 2.68. The predicted octanol–water partition coefficient (Wildman–Crippen LogP) is 5.96. The Morgan fingerprint density at radius 1 is 1.14 bits per heavy atom. The van der Waals surface area contributed by atoms with E-state index in [-0.39, 0.29) is 5.56 Å². The number of piperidine rings is 1. The lowest BCUT2D eigenvalue weighted by molar-refractivity contribution is -0.170. The molecule has 28 heavy (non-hydrogen) atoms. The zero-order valence-electron chi connectivity index (χ0n) is 16.8. The first kappa shape index (κ1) is 20.7. The van der Waals surface area contributed by atoms with E-state index in [4.69, 9.17) is 4.74 Å². The van der Waals surface area contributed by atoms with Crippen LogP contribution in [0.4, 0.5) is 8.78 Å². The van der Waals surface area contributed by atoms with Crippen LogP contribution in [0, 0.1) is 11.6 Å². The van der Waals surface area contributed by atoms with E-state index >= 15 is 0 Å². The molecule has 0 bridgehead atoms. The van der Waals surface area contributed by atoms with Crippen LogP contribution in [-0.4, -0.2) is 23.7 Å². The monoisotopic (exact) mass is 385 g/mol. The van der Waals surface area contributed by atoms with E-state index in [1.165, 1.54) is 12.1 Å². The van der Waals surface area contributed by atoms with E-state index in [2.05, 4.69) is 18.4 Å². The van der Waals surface area contributed by atoms with Crippen LogP contribution in [-0.2, 0) is 17.8 Å². The third-order valence-corrected chi connectivity index (χ3v) is 5.66. The van der Waals surface area contributed by atoms with Crippen LogP contribution in [0.2, 0.25) is 0 Å². The highest BCUT2D eigenvalue weighted by atomic mass is 19.1. The van der Waals surface area contributed by atoms with Crippen molar-refractivity contribution in [3.8, 4) is 0 Å². The summed E-state index contributed by atoms with van der Waals surface area (Å²) in [7, 11) is 0. The molecule has 0 N–H and O–H groups in total. The molecular formula is C24H29F2NO. The highest BCUT2D eigenvalue weighted by molar-refractivity contribution is 5.62. The smallest absolute Gasteiger partial charge is 0.136 e. The molecule has 0 aromatic heterocycles. The minimum atomic E-state index is -0.494. The first-order valence-electron chi connectivity index (χ1n) is 9.96. The van der Waals surface area contributed by atoms with Gasteiger partial charge in [-0.2, -0.15) is 0 Å². The van der Waals surface area contributed by atoms with Crippen molar-refractivity contribution in [3.05, 3.63) is 77.4 Å². The van der Waals surface area contributed by atoms with Crippen molar-refractivity contribution in [1.82, 2.24) is 4.90 Å². The van der Waals surface area contributed by atoms with Crippen molar-refractivity contribution in [2.45, 2.75) is 51.9 Å². The van der Waals surface area contributed by atoms with E-state index in [1.807, 2.05) is 30.3 Å². The maximum Gasteiger partial charge on any atom is 0.136 e. The summed E-state index contributed by atoms with van der Waals surface area (Å²) in [6.07, 6.45) is 3.39. The number of hydrogen-bond acceptors (Lipinski definition) is 2. The summed E-state index contributed by atoms with van der Waals surface area (Å²) in [5.74, 6) is -0.983. The number of allylic oxidation sites excluding steroid dienone is 1. The van der Waals surface area contributed by atoms with E-state index < -0.39 is 17.4 Å². The van der Waals surface area contributed by atoms with Crippen LogP contribution < -0.4 is 0 Å². The van der Waals surface area contributed by atoms with Crippen molar-refractivity contribution in [1.29, 1.82) is 0 Å². The first-order chi connectivity index (χ1) is 13.4. The minimum Gasteiger partial charge on any atom is -0.356 e. The number of likely N-dealkylation sites (tertiary alicyclic amines) is 1. The molecule has 0 spiro atoms. The molecule has 1 unspecified atom stereocenters. The van der Waals surface area contributed by atoms with Crippen molar-refractivity contribution >= 4 is 5.57 Å². The Morgan fingerprint density at radius 2 is 1.89 bits per heavy atom. The zero-order valence-corrected chi connectivity index (χ0v) is 16.8. The summed E-state index contributed by atoms with van der Waals surface area (Å²) in [6, 6.07) is 12.9. The third-order valence-electron chi connectivity index (χ3n) is 5.66. The highest BCUT2D eigenvalue weighted by Gasteiger charge is 2.35. The Hall–Kier alpha value is -2.04. The van der Waals surface area contributed by atoms with Gasteiger partial charge in [-0.3, -0.25) is 4.90 Å². The molecule has 0 aliphatic carbocycles. The molecule has 0 saturated carbocycles. The van der Waals surface area contributed by atoms with E-state index in [0.717, 1.165) is 31.4 Å². The molecule has 2 nitrogen and oxygen atoms in total.